The first-order valence-electron chi connectivity index (χ1n) is 5.27. The molecule has 0 saturated carbocycles. The summed E-state index contributed by atoms with van der Waals surface area (Å²) in [4.78, 5) is 4.26. The van der Waals surface area contributed by atoms with Crippen LogP contribution >= 0.6 is 0 Å². The zero-order valence-corrected chi connectivity index (χ0v) is 8.76. The first-order valence-corrected chi connectivity index (χ1v) is 5.27. The Morgan fingerprint density at radius 3 is 2.75 bits per heavy atom. The van der Waals surface area contributed by atoms with Gasteiger partial charge in [-0.25, -0.2) is 4.99 Å². The summed E-state index contributed by atoms with van der Waals surface area (Å²) in [5.74, 6) is 0. The van der Waals surface area contributed by atoms with Crippen molar-refractivity contribution in [1.82, 2.24) is 0 Å². The average molecular weight is 209 g/mol. The van der Waals surface area contributed by atoms with Crippen LogP contribution in [0.5, 0.6) is 0 Å². The molecule has 0 bridgehead atoms. The van der Waals surface area contributed by atoms with Crippen LogP contribution in [0.4, 0.5) is 0 Å². The van der Waals surface area contributed by atoms with Gasteiger partial charge in [0, 0.05) is 5.56 Å². The lowest BCUT2D eigenvalue weighted by Crippen LogP contribution is -1.97. The van der Waals surface area contributed by atoms with Gasteiger partial charge in [0.05, 0.1) is 5.70 Å². The quantitative estimate of drug-likeness (QED) is 0.706. The van der Waals surface area contributed by atoms with Gasteiger partial charge in [-0.05, 0) is 16.8 Å². The third-order valence-electron chi connectivity index (χ3n) is 2.70. The molecule has 0 N–H and O–H groups in total. The van der Waals surface area contributed by atoms with Gasteiger partial charge in [0.15, 0.2) is 6.40 Å². The molecule has 2 nitrogen and oxygen atoms in total. The minimum absolute atomic E-state index is 0.599. The van der Waals surface area contributed by atoms with Crippen LogP contribution < -0.4 is 0 Å². The summed E-state index contributed by atoms with van der Waals surface area (Å²) in [6.45, 7) is 0.599. The summed E-state index contributed by atoms with van der Waals surface area (Å²) in [5, 5.41) is 2.47. The van der Waals surface area contributed by atoms with Crippen LogP contribution in [0.1, 0.15) is 5.56 Å². The molecule has 0 amide bonds. The molecule has 0 aliphatic carbocycles. The van der Waals surface area contributed by atoms with Crippen molar-refractivity contribution in [3.8, 4) is 0 Å². The number of hydrogen-bond acceptors (Lipinski definition) is 2. The van der Waals surface area contributed by atoms with E-state index in [2.05, 4.69) is 41.4 Å². The van der Waals surface area contributed by atoms with Crippen LogP contribution in [0, 0.1) is 0 Å². The highest BCUT2D eigenvalue weighted by atomic mass is 16.5. The van der Waals surface area contributed by atoms with Crippen LogP contribution in [0.2, 0.25) is 0 Å². The first-order chi connectivity index (χ1) is 7.95. The minimum Gasteiger partial charge on any atom is -0.479 e. The second kappa shape index (κ2) is 3.81. The number of ether oxygens (including phenoxy) is 1. The predicted molar refractivity (Wildman–Crippen MR) is 66.4 cm³/mol. The smallest absolute Gasteiger partial charge is 0.174 e. The summed E-state index contributed by atoms with van der Waals surface area (Å²) in [6.07, 6.45) is 3.51. The molecule has 16 heavy (non-hydrogen) atoms. The molecule has 0 atom stereocenters. The monoisotopic (exact) mass is 209 g/mol. The van der Waals surface area contributed by atoms with Crippen LogP contribution in [0.3, 0.4) is 0 Å². The van der Waals surface area contributed by atoms with Crippen molar-refractivity contribution in [2.45, 2.75) is 0 Å². The van der Waals surface area contributed by atoms with Gasteiger partial charge in [-0.15, -0.1) is 0 Å². The summed E-state index contributed by atoms with van der Waals surface area (Å²) >= 11 is 0. The van der Waals surface area contributed by atoms with Crippen LogP contribution in [0.15, 0.2) is 53.5 Å². The van der Waals surface area contributed by atoms with Crippen LogP contribution in [0.25, 0.3) is 16.5 Å². The highest BCUT2D eigenvalue weighted by Gasteiger charge is 2.06. The highest BCUT2D eigenvalue weighted by molar-refractivity contribution is 5.94. The van der Waals surface area contributed by atoms with E-state index in [0.717, 1.165) is 11.3 Å². The molecule has 0 spiro atoms. The third-order valence-corrected chi connectivity index (χ3v) is 2.70. The molecule has 78 valence electrons. The highest BCUT2D eigenvalue weighted by Crippen LogP contribution is 2.26. The Kier molecular flexibility index (Phi) is 2.18. The van der Waals surface area contributed by atoms with E-state index >= 15 is 0 Å². The summed E-state index contributed by atoms with van der Waals surface area (Å²) < 4.78 is 5.07. The number of hydrogen-bond donors (Lipinski definition) is 0. The van der Waals surface area contributed by atoms with Gasteiger partial charge in [-0.1, -0.05) is 42.5 Å². The maximum atomic E-state index is 5.07. The Morgan fingerprint density at radius 2 is 1.88 bits per heavy atom. The van der Waals surface area contributed by atoms with E-state index in [1.165, 1.54) is 17.2 Å². The van der Waals surface area contributed by atoms with Gasteiger partial charge < -0.3 is 4.74 Å². The zero-order chi connectivity index (χ0) is 10.8. The van der Waals surface area contributed by atoms with E-state index in [1.54, 1.807) is 0 Å². The molecule has 0 fully saturated rings. The topological polar surface area (TPSA) is 21.6 Å². The molecular formula is C14H11NO. The van der Waals surface area contributed by atoms with E-state index < -0.39 is 0 Å². The van der Waals surface area contributed by atoms with E-state index in [1.807, 2.05) is 12.1 Å². The molecule has 1 aliphatic heterocycles. The molecule has 1 aliphatic rings. The van der Waals surface area contributed by atoms with Gasteiger partial charge in [0.1, 0.15) is 6.61 Å². The second-order valence-corrected chi connectivity index (χ2v) is 3.68. The Bertz CT molecular complexity index is 579. The fourth-order valence-electron chi connectivity index (χ4n) is 1.95. The lowest BCUT2D eigenvalue weighted by atomic mass is 10.0. The average Bonchev–Trinajstić information content (AvgIpc) is 2.39. The summed E-state index contributed by atoms with van der Waals surface area (Å²) in [7, 11) is 0. The molecule has 1 heterocycles. The Labute approximate surface area is 93.9 Å². The fraction of sp³-hybridized carbons (Fsp3) is 0.0714. The Morgan fingerprint density at radius 1 is 1.00 bits per heavy atom. The van der Waals surface area contributed by atoms with Gasteiger partial charge in [0.25, 0.3) is 0 Å². The van der Waals surface area contributed by atoms with Crippen molar-refractivity contribution in [2.75, 3.05) is 6.61 Å². The lowest BCUT2D eigenvalue weighted by Gasteiger charge is -2.10. The summed E-state index contributed by atoms with van der Waals surface area (Å²) in [5.41, 5.74) is 2.15. The van der Waals surface area contributed by atoms with Crippen LogP contribution in [-0.4, -0.2) is 13.0 Å². The molecule has 2 aromatic carbocycles. The van der Waals surface area contributed by atoms with E-state index in [-0.39, 0.29) is 0 Å². The van der Waals surface area contributed by atoms with E-state index in [9.17, 15) is 0 Å². The Hall–Kier alpha value is -2.09. The number of aliphatic imine (C=N–C) groups is 1. The largest absolute Gasteiger partial charge is 0.479 e. The van der Waals surface area contributed by atoms with Crippen molar-refractivity contribution < 1.29 is 4.74 Å². The fourth-order valence-corrected chi connectivity index (χ4v) is 1.95. The van der Waals surface area contributed by atoms with E-state index in [4.69, 9.17) is 4.74 Å². The van der Waals surface area contributed by atoms with Crippen LogP contribution in [-0.2, 0) is 4.74 Å². The maximum Gasteiger partial charge on any atom is 0.174 e. The number of fused-ring (bicyclic) bond motifs is 1. The van der Waals surface area contributed by atoms with Gasteiger partial charge in [-0.2, -0.15) is 0 Å². The van der Waals surface area contributed by atoms with Crippen molar-refractivity contribution in [3.05, 3.63) is 54.1 Å². The predicted octanol–water partition coefficient (Wildman–Crippen LogP) is 3.24. The maximum absolute atomic E-state index is 5.07. The van der Waals surface area contributed by atoms with Crippen molar-refractivity contribution >= 4 is 22.9 Å². The zero-order valence-electron chi connectivity index (χ0n) is 8.76. The normalized spacial score (nSPS) is 14.6. The summed E-state index contributed by atoms with van der Waals surface area (Å²) in [6, 6.07) is 14.6. The Balaban J connectivity index is 2.23. The minimum atomic E-state index is 0.599. The molecule has 2 heteroatoms. The van der Waals surface area contributed by atoms with Gasteiger partial charge in [0.2, 0.25) is 0 Å². The van der Waals surface area contributed by atoms with Crippen molar-refractivity contribution in [2.24, 2.45) is 4.99 Å². The molecule has 3 rings (SSSR count). The molecule has 0 saturated heterocycles. The standard InChI is InChI=1S/C14H11NO/c1-2-6-12-11(4-1)5-3-7-13(12)14-8-9-16-10-15-14/h1-8,10H,9H2. The first kappa shape index (κ1) is 9.16. The van der Waals surface area contributed by atoms with E-state index in [0.29, 0.717) is 6.61 Å². The molecule has 0 aromatic heterocycles. The number of benzene rings is 2. The third kappa shape index (κ3) is 1.48. The SMILES string of the molecule is C1=NC(c2cccc3ccccc23)=CCO1. The number of nitrogens with zero attached hydrogens (tertiary/aromatic N) is 1. The second-order valence-electron chi connectivity index (χ2n) is 3.68. The van der Waals surface area contributed by atoms with Gasteiger partial charge >= 0.3 is 0 Å². The van der Waals surface area contributed by atoms with Crippen molar-refractivity contribution in [1.29, 1.82) is 0 Å². The molecular weight excluding hydrogens is 198 g/mol. The van der Waals surface area contributed by atoms with Gasteiger partial charge in [-0.3, -0.25) is 0 Å². The number of rotatable bonds is 1. The molecule has 0 radical (unpaired) electrons. The molecule has 0 unspecified atom stereocenters. The lowest BCUT2D eigenvalue weighted by molar-refractivity contribution is 0.364. The molecule has 2 aromatic rings. The van der Waals surface area contributed by atoms with Crippen molar-refractivity contribution in [3.63, 3.8) is 0 Å².